The second kappa shape index (κ2) is 7.33. The standard InChI is InChI=1S/C17H18F3N3O/c1-11(2)9-22-16(24)15-7-6-14(10-21-15)23-13-5-3-4-12(8-13)17(18,19)20/h3-8,10-11,23H,9H2,1-2H3,(H,22,24). The fraction of sp³-hybridized carbons (Fsp3) is 0.294. The Kier molecular flexibility index (Phi) is 5.43. The molecule has 4 nitrogen and oxygen atoms in total. The van der Waals surface area contributed by atoms with Gasteiger partial charge in [-0.15, -0.1) is 0 Å². The van der Waals surface area contributed by atoms with Crippen LogP contribution in [0.3, 0.4) is 0 Å². The van der Waals surface area contributed by atoms with Crippen molar-refractivity contribution >= 4 is 17.3 Å². The Bertz CT molecular complexity index is 697. The SMILES string of the molecule is CC(C)CNC(=O)c1ccc(Nc2cccc(C(F)(F)F)c2)cn1. The van der Waals surface area contributed by atoms with E-state index in [4.69, 9.17) is 0 Å². The maximum Gasteiger partial charge on any atom is 0.416 e. The molecular weight excluding hydrogens is 319 g/mol. The lowest BCUT2D eigenvalue weighted by Gasteiger charge is -2.11. The van der Waals surface area contributed by atoms with E-state index in [0.29, 0.717) is 23.8 Å². The Morgan fingerprint density at radius 1 is 1.17 bits per heavy atom. The lowest BCUT2D eigenvalue weighted by Crippen LogP contribution is -2.27. The van der Waals surface area contributed by atoms with Gasteiger partial charge in [0.25, 0.3) is 5.91 Å². The number of benzene rings is 1. The van der Waals surface area contributed by atoms with Crippen LogP contribution in [0.5, 0.6) is 0 Å². The number of alkyl halides is 3. The van der Waals surface area contributed by atoms with Crippen molar-refractivity contribution in [1.82, 2.24) is 10.3 Å². The fourth-order valence-corrected chi connectivity index (χ4v) is 1.93. The Morgan fingerprint density at radius 3 is 2.50 bits per heavy atom. The zero-order valence-electron chi connectivity index (χ0n) is 13.3. The smallest absolute Gasteiger partial charge is 0.354 e. The molecule has 1 aromatic carbocycles. The molecule has 0 atom stereocenters. The van der Waals surface area contributed by atoms with E-state index in [-0.39, 0.29) is 11.6 Å². The number of halogens is 3. The van der Waals surface area contributed by atoms with Crippen molar-refractivity contribution in [3.05, 3.63) is 53.9 Å². The third-order valence-corrected chi connectivity index (χ3v) is 3.15. The number of carbonyl (C=O) groups excluding carboxylic acids is 1. The van der Waals surface area contributed by atoms with Gasteiger partial charge in [0, 0.05) is 12.2 Å². The van der Waals surface area contributed by atoms with Crippen LogP contribution in [0, 0.1) is 5.92 Å². The van der Waals surface area contributed by atoms with Crippen LogP contribution in [0.1, 0.15) is 29.9 Å². The summed E-state index contributed by atoms with van der Waals surface area (Å²) in [6, 6.07) is 7.99. The van der Waals surface area contributed by atoms with E-state index >= 15 is 0 Å². The summed E-state index contributed by atoms with van der Waals surface area (Å²) < 4.78 is 38.1. The summed E-state index contributed by atoms with van der Waals surface area (Å²) in [6.45, 7) is 4.51. The average molecular weight is 337 g/mol. The van der Waals surface area contributed by atoms with Gasteiger partial charge in [0.2, 0.25) is 0 Å². The highest BCUT2D eigenvalue weighted by Gasteiger charge is 2.30. The molecule has 0 aliphatic rings. The summed E-state index contributed by atoms with van der Waals surface area (Å²) in [5.41, 5.74) is 0.314. The van der Waals surface area contributed by atoms with Gasteiger partial charge in [-0.05, 0) is 36.2 Å². The third-order valence-electron chi connectivity index (χ3n) is 3.15. The predicted molar refractivity (Wildman–Crippen MR) is 86.1 cm³/mol. The Labute approximate surface area is 138 Å². The molecule has 0 aliphatic carbocycles. The molecule has 2 rings (SSSR count). The molecule has 1 heterocycles. The zero-order chi connectivity index (χ0) is 17.7. The first-order chi connectivity index (χ1) is 11.3. The third kappa shape index (κ3) is 4.97. The van der Waals surface area contributed by atoms with Crippen molar-refractivity contribution < 1.29 is 18.0 Å². The Balaban J connectivity index is 2.05. The molecule has 0 saturated heterocycles. The highest BCUT2D eigenvalue weighted by molar-refractivity contribution is 5.92. The van der Waals surface area contributed by atoms with E-state index in [2.05, 4.69) is 15.6 Å². The van der Waals surface area contributed by atoms with Crippen molar-refractivity contribution in [3.8, 4) is 0 Å². The molecule has 7 heteroatoms. The average Bonchev–Trinajstić information content (AvgIpc) is 2.53. The first kappa shape index (κ1) is 17.8. The number of hydrogen-bond donors (Lipinski definition) is 2. The van der Waals surface area contributed by atoms with E-state index < -0.39 is 11.7 Å². The van der Waals surface area contributed by atoms with Gasteiger partial charge >= 0.3 is 6.18 Å². The van der Waals surface area contributed by atoms with Crippen molar-refractivity contribution in [2.24, 2.45) is 5.92 Å². The minimum Gasteiger partial charge on any atom is -0.354 e. The summed E-state index contributed by atoms with van der Waals surface area (Å²) >= 11 is 0. The van der Waals surface area contributed by atoms with E-state index in [9.17, 15) is 18.0 Å². The maximum atomic E-state index is 12.7. The van der Waals surface area contributed by atoms with Gasteiger partial charge in [-0.3, -0.25) is 4.79 Å². The molecule has 0 spiro atoms. The molecule has 24 heavy (non-hydrogen) atoms. The molecule has 0 fully saturated rings. The summed E-state index contributed by atoms with van der Waals surface area (Å²) in [5.74, 6) is 0.0464. The molecule has 2 N–H and O–H groups in total. The van der Waals surface area contributed by atoms with Gasteiger partial charge in [-0.25, -0.2) is 4.98 Å². The second-order valence-electron chi connectivity index (χ2n) is 5.74. The topological polar surface area (TPSA) is 54.0 Å². The molecular formula is C17H18F3N3O. The monoisotopic (exact) mass is 337 g/mol. The van der Waals surface area contributed by atoms with Crippen molar-refractivity contribution in [2.75, 3.05) is 11.9 Å². The maximum absolute atomic E-state index is 12.7. The number of aromatic nitrogens is 1. The van der Waals surface area contributed by atoms with Crippen LogP contribution in [0.2, 0.25) is 0 Å². The van der Waals surface area contributed by atoms with Gasteiger partial charge in [0.05, 0.1) is 17.4 Å². The first-order valence-electron chi connectivity index (χ1n) is 7.44. The second-order valence-corrected chi connectivity index (χ2v) is 5.74. The summed E-state index contributed by atoms with van der Waals surface area (Å²) in [4.78, 5) is 15.9. The first-order valence-corrected chi connectivity index (χ1v) is 7.44. The van der Waals surface area contributed by atoms with Crippen LogP contribution < -0.4 is 10.6 Å². The van der Waals surface area contributed by atoms with Gasteiger partial charge in [-0.1, -0.05) is 19.9 Å². The largest absolute Gasteiger partial charge is 0.416 e. The predicted octanol–water partition coefficient (Wildman–Crippen LogP) is 4.23. The normalized spacial score (nSPS) is 11.4. The van der Waals surface area contributed by atoms with E-state index in [1.807, 2.05) is 13.8 Å². The minimum absolute atomic E-state index is 0.255. The van der Waals surface area contributed by atoms with E-state index in [1.54, 1.807) is 6.07 Å². The summed E-state index contributed by atoms with van der Waals surface area (Å²) in [6.07, 6.45) is -2.99. The van der Waals surface area contributed by atoms with Crippen LogP contribution in [-0.2, 0) is 6.18 Å². The number of amides is 1. The van der Waals surface area contributed by atoms with E-state index in [1.165, 1.54) is 24.4 Å². The number of anilines is 2. The minimum atomic E-state index is -4.39. The van der Waals surface area contributed by atoms with Crippen LogP contribution in [-0.4, -0.2) is 17.4 Å². The number of nitrogens with one attached hydrogen (secondary N) is 2. The highest BCUT2D eigenvalue weighted by atomic mass is 19.4. The summed E-state index contributed by atoms with van der Waals surface area (Å²) in [5, 5.41) is 5.58. The van der Waals surface area contributed by atoms with Gasteiger partial charge < -0.3 is 10.6 Å². The van der Waals surface area contributed by atoms with Crippen molar-refractivity contribution in [2.45, 2.75) is 20.0 Å². The number of nitrogens with zero attached hydrogens (tertiary/aromatic N) is 1. The lowest BCUT2D eigenvalue weighted by molar-refractivity contribution is -0.137. The number of rotatable bonds is 5. The van der Waals surface area contributed by atoms with Crippen LogP contribution in [0.15, 0.2) is 42.6 Å². The Hall–Kier alpha value is -2.57. The van der Waals surface area contributed by atoms with Gasteiger partial charge in [0.15, 0.2) is 0 Å². The highest BCUT2D eigenvalue weighted by Crippen LogP contribution is 2.31. The molecule has 1 amide bonds. The lowest BCUT2D eigenvalue weighted by atomic mass is 10.2. The van der Waals surface area contributed by atoms with Crippen LogP contribution >= 0.6 is 0 Å². The number of pyridine rings is 1. The van der Waals surface area contributed by atoms with Crippen LogP contribution in [0.4, 0.5) is 24.5 Å². The Morgan fingerprint density at radius 2 is 1.92 bits per heavy atom. The van der Waals surface area contributed by atoms with Gasteiger partial charge in [-0.2, -0.15) is 13.2 Å². The molecule has 0 saturated carbocycles. The molecule has 0 aliphatic heterocycles. The number of hydrogen-bond acceptors (Lipinski definition) is 3. The number of carbonyl (C=O) groups is 1. The zero-order valence-corrected chi connectivity index (χ0v) is 13.3. The molecule has 2 aromatic rings. The molecule has 0 bridgehead atoms. The van der Waals surface area contributed by atoms with Crippen molar-refractivity contribution in [1.29, 1.82) is 0 Å². The van der Waals surface area contributed by atoms with Crippen LogP contribution in [0.25, 0.3) is 0 Å². The van der Waals surface area contributed by atoms with Crippen molar-refractivity contribution in [3.63, 3.8) is 0 Å². The quantitative estimate of drug-likeness (QED) is 0.858. The molecule has 0 unspecified atom stereocenters. The van der Waals surface area contributed by atoms with E-state index in [0.717, 1.165) is 12.1 Å². The molecule has 1 aromatic heterocycles. The molecule has 128 valence electrons. The molecule has 0 radical (unpaired) electrons. The van der Waals surface area contributed by atoms with Gasteiger partial charge in [0.1, 0.15) is 5.69 Å². The fourth-order valence-electron chi connectivity index (χ4n) is 1.93. The summed E-state index contributed by atoms with van der Waals surface area (Å²) in [7, 11) is 0.